The summed E-state index contributed by atoms with van der Waals surface area (Å²) < 4.78 is 23.3. The molecule has 3 aromatic carbocycles. The predicted octanol–water partition coefficient (Wildman–Crippen LogP) is 7.38. The number of carbonyl (C=O) groups excluding carboxylic acids is 4. The summed E-state index contributed by atoms with van der Waals surface area (Å²) in [4.78, 5) is 64.3. The average molecular weight is 820 g/mol. The van der Waals surface area contributed by atoms with Gasteiger partial charge in [-0.3, -0.25) is 28.8 Å². The van der Waals surface area contributed by atoms with Crippen molar-refractivity contribution < 1.29 is 33.4 Å². The van der Waals surface area contributed by atoms with Crippen molar-refractivity contribution in [3.05, 3.63) is 100 Å². The summed E-state index contributed by atoms with van der Waals surface area (Å²) >= 11 is 7.85. The molecule has 4 amide bonds. The summed E-state index contributed by atoms with van der Waals surface area (Å²) in [6.07, 6.45) is 2.21. The van der Waals surface area contributed by atoms with Crippen LogP contribution in [-0.2, 0) is 31.0 Å². The largest absolute Gasteiger partial charge is 0.505 e. The monoisotopic (exact) mass is 819 g/mol. The van der Waals surface area contributed by atoms with Crippen LogP contribution in [0.4, 0.5) is 21.6 Å². The van der Waals surface area contributed by atoms with Crippen LogP contribution in [0.5, 0.6) is 5.75 Å². The number of phenolic OH excluding ortho intramolecular Hbond substituents is 1. The molecule has 2 aromatic heterocycles. The normalized spacial score (nSPS) is 27.0. The van der Waals surface area contributed by atoms with Gasteiger partial charge in [-0.25, -0.2) is 9.29 Å². The van der Waals surface area contributed by atoms with Gasteiger partial charge in [-0.15, -0.1) is 11.3 Å². The van der Waals surface area contributed by atoms with Crippen LogP contribution < -0.4 is 14.7 Å². The summed E-state index contributed by atoms with van der Waals surface area (Å²) in [7, 11) is 1.68. The fraction of sp³-hybridized carbons (Fsp3) is 0.341. The Balaban J connectivity index is 1.04. The molecular formula is C44H39ClFN5O6S. The first-order chi connectivity index (χ1) is 27.9. The second-order valence-electron chi connectivity index (χ2n) is 16.2. The van der Waals surface area contributed by atoms with Crippen LogP contribution in [0.2, 0.25) is 5.02 Å². The number of benzene rings is 3. The minimum Gasteiger partial charge on any atom is -0.505 e. The van der Waals surface area contributed by atoms with E-state index < -0.39 is 58.4 Å². The number of halogens is 2. The number of para-hydroxylation sites is 1. The predicted molar refractivity (Wildman–Crippen MR) is 218 cm³/mol. The van der Waals surface area contributed by atoms with Crippen molar-refractivity contribution in [1.82, 2.24) is 9.78 Å². The lowest BCUT2D eigenvalue weighted by Gasteiger charge is -2.49. The second-order valence-corrected chi connectivity index (χ2v) is 17.7. The van der Waals surface area contributed by atoms with E-state index in [1.54, 1.807) is 38.2 Å². The number of hydrogen-bond donors (Lipinski definition) is 1. The lowest BCUT2D eigenvalue weighted by atomic mass is 9.51. The van der Waals surface area contributed by atoms with Gasteiger partial charge in [0.25, 0.3) is 0 Å². The number of fused-ring (bicyclic) bond motifs is 5. The van der Waals surface area contributed by atoms with Gasteiger partial charge in [-0.05, 0) is 92.1 Å². The highest BCUT2D eigenvalue weighted by Crippen LogP contribution is 2.64. The second kappa shape index (κ2) is 13.3. The molecule has 14 heteroatoms. The van der Waals surface area contributed by atoms with E-state index in [1.165, 1.54) is 31.9 Å². The molecule has 6 unspecified atom stereocenters. The van der Waals surface area contributed by atoms with E-state index in [1.807, 2.05) is 43.3 Å². The molecule has 0 bridgehead atoms. The van der Waals surface area contributed by atoms with Gasteiger partial charge in [-0.1, -0.05) is 35.4 Å². The number of thiophene rings is 1. The molecule has 0 spiro atoms. The zero-order valence-corrected chi connectivity index (χ0v) is 33.5. The maximum absolute atomic E-state index is 15.2. The van der Waals surface area contributed by atoms with Crippen LogP contribution in [0.1, 0.15) is 36.8 Å². The van der Waals surface area contributed by atoms with Crippen LogP contribution in [0, 0.1) is 41.8 Å². The first-order valence-corrected chi connectivity index (χ1v) is 20.7. The molecule has 1 saturated carbocycles. The molecule has 3 aliphatic heterocycles. The smallest absolute Gasteiger partial charge is 0.242 e. The molecule has 5 aromatic rings. The van der Waals surface area contributed by atoms with E-state index in [9.17, 15) is 19.5 Å². The van der Waals surface area contributed by atoms with Crippen LogP contribution in [0.25, 0.3) is 20.7 Å². The summed E-state index contributed by atoms with van der Waals surface area (Å²) in [5.74, 6) is -6.97. The quantitative estimate of drug-likeness (QED) is 0.144. The number of hydrogen-bond acceptors (Lipinski definition) is 9. The molecular weight excluding hydrogens is 781 g/mol. The third-order valence-electron chi connectivity index (χ3n) is 13.3. The number of aromatic hydroxyl groups is 1. The summed E-state index contributed by atoms with van der Waals surface area (Å²) in [5, 5.41) is 17.7. The number of morpholine rings is 1. The number of amides is 4. The fourth-order valence-corrected chi connectivity index (χ4v) is 11.8. The number of anilines is 3. The third-order valence-corrected chi connectivity index (χ3v) is 14.8. The molecule has 2 aliphatic carbocycles. The Hall–Kier alpha value is -5.37. The first kappa shape index (κ1) is 36.9. The van der Waals surface area contributed by atoms with Crippen LogP contribution in [0.15, 0.2) is 78.4 Å². The molecule has 10 rings (SSSR count). The fourth-order valence-electron chi connectivity index (χ4n) is 10.4. The van der Waals surface area contributed by atoms with Gasteiger partial charge in [0.05, 0.1) is 46.9 Å². The molecule has 4 fully saturated rings. The minimum atomic E-state index is -1.48. The molecule has 5 heterocycles. The zero-order valence-electron chi connectivity index (χ0n) is 31.9. The summed E-state index contributed by atoms with van der Waals surface area (Å²) in [6, 6.07) is 19.0. The van der Waals surface area contributed by atoms with Crippen molar-refractivity contribution in [2.24, 2.45) is 36.1 Å². The number of imide groups is 2. The van der Waals surface area contributed by atoms with Crippen LogP contribution >= 0.6 is 22.9 Å². The topological polar surface area (TPSA) is 125 Å². The number of phenols is 1. The Morgan fingerprint density at radius 2 is 1.67 bits per heavy atom. The number of ether oxygens (including phenoxy) is 1. The third kappa shape index (κ3) is 5.22. The van der Waals surface area contributed by atoms with E-state index in [-0.39, 0.29) is 36.0 Å². The average Bonchev–Trinajstić information content (AvgIpc) is 3.89. The number of aromatic nitrogens is 2. The zero-order chi connectivity index (χ0) is 40.4. The Kier molecular flexibility index (Phi) is 8.49. The Labute approximate surface area is 342 Å². The van der Waals surface area contributed by atoms with E-state index in [4.69, 9.17) is 21.4 Å². The van der Waals surface area contributed by atoms with Gasteiger partial charge in [0.1, 0.15) is 11.5 Å². The maximum Gasteiger partial charge on any atom is 0.242 e. The summed E-state index contributed by atoms with van der Waals surface area (Å²) in [5.41, 5.74) is 2.31. The van der Waals surface area contributed by atoms with E-state index >= 15 is 9.18 Å². The van der Waals surface area contributed by atoms with Crippen molar-refractivity contribution in [3.8, 4) is 16.3 Å². The van der Waals surface area contributed by atoms with E-state index in [0.29, 0.717) is 35.2 Å². The van der Waals surface area contributed by atoms with Crippen molar-refractivity contribution in [3.63, 3.8) is 0 Å². The van der Waals surface area contributed by atoms with Crippen molar-refractivity contribution in [1.29, 1.82) is 0 Å². The van der Waals surface area contributed by atoms with Crippen molar-refractivity contribution >= 4 is 73.8 Å². The molecule has 0 radical (unpaired) electrons. The van der Waals surface area contributed by atoms with Crippen molar-refractivity contribution in [2.45, 2.75) is 32.6 Å². The van der Waals surface area contributed by atoms with Crippen molar-refractivity contribution in [2.75, 3.05) is 41.0 Å². The van der Waals surface area contributed by atoms with E-state index in [0.717, 1.165) is 45.4 Å². The SMILES string of the molecule is Cc1c(-c2cc(N3C(=O)C4CC5C(=CCC6C(=O)N(c7ccc(N8CCOCC8)cc7)C(=O)C65)C(c5cccc(F)c5O)C4(C)C3=O)n(C)n2)sc2ccc(Cl)cc12. The molecule has 3 saturated heterocycles. The Morgan fingerprint density at radius 3 is 2.43 bits per heavy atom. The minimum absolute atomic E-state index is 0.112. The molecule has 11 nitrogen and oxygen atoms in total. The first-order valence-electron chi connectivity index (χ1n) is 19.5. The molecule has 5 aliphatic rings. The highest BCUT2D eigenvalue weighted by atomic mass is 35.5. The highest BCUT2D eigenvalue weighted by molar-refractivity contribution is 7.22. The number of rotatable bonds is 5. The molecule has 1 N–H and O–H groups in total. The Morgan fingerprint density at radius 1 is 0.931 bits per heavy atom. The molecule has 6 atom stereocenters. The van der Waals surface area contributed by atoms with Gasteiger partial charge >= 0.3 is 0 Å². The number of nitrogens with zero attached hydrogens (tertiary/aromatic N) is 5. The molecule has 296 valence electrons. The van der Waals surface area contributed by atoms with Crippen LogP contribution in [0.3, 0.4) is 0 Å². The lowest BCUT2D eigenvalue weighted by Crippen LogP contribution is -2.49. The Bertz CT molecular complexity index is 2630. The van der Waals surface area contributed by atoms with Gasteiger partial charge in [0.15, 0.2) is 11.6 Å². The van der Waals surface area contributed by atoms with Gasteiger partial charge in [0.2, 0.25) is 23.6 Å². The maximum atomic E-state index is 15.2. The lowest BCUT2D eigenvalue weighted by molar-refractivity contribution is -0.131. The van der Waals surface area contributed by atoms with Gasteiger partial charge < -0.3 is 14.7 Å². The highest BCUT2D eigenvalue weighted by Gasteiger charge is 2.68. The van der Waals surface area contributed by atoms with Gasteiger partial charge in [-0.2, -0.15) is 5.10 Å². The number of allylic oxidation sites excluding steroid dienone is 2. The number of aryl methyl sites for hydroxylation is 2. The molecule has 58 heavy (non-hydrogen) atoms. The number of carbonyl (C=O) groups is 4. The summed E-state index contributed by atoms with van der Waals surface area (Å²) in [6.45, 7) is 6.41. The van der Waals surface area contributed by atoms with E-state index in [2.05, 4.69) is 4.90 Å². The van der Waals surface area contributed by atoms with Gasteiger partial charge in [0, 0.05) is 53.1 Å². The standard InChI is InChI=1S/C44H39ClFN5O6S/c1-22-29-19-23(45)7-14-34(29)58-39(22)33-21-35(48(3)47-33)51-41(54)31-20-30-26(37(44(31,2)43(51)56)28-5-4-6-32(46)38(28)52)12-13-27-36(30)42(55)50(40(27)53)25-10-8-24(9-11-25)49-15-17-57-18-16-49/h4-12,14,19,21,27,30-31,36-37,52H,13,15-18,20H2,1-3H3. The van der Waals surface area contributed by atoms with Crippen LogP contribution in [-0.4, -0.2) is 64.8 Å².